The van der Waals surface area contributed by atoms with Crippen LogP contribution in [0.25, 0.3) is 11.0 Å². The van der Waals surface area contributed by atoms with Gasteiger partial charge in [-0.15, -0.1) is 0 Å². The van der Waals surface area contributed by atoms with Crippen LogP contribution in [0.2, 0.25) is 0 Å². The quantitative estimate of drug-likeness (QED) is 0.746. The molecule has 0 bridgehead atoms. The lowest BCUT2D eigenvalue weighted by Crippen LogP contribution is -2.09. The summed E-state index contributed by atoms with van der Waals surface area (Å²) in [5.74, 6) is 2.24. The van der Waals surface area contributed by atoms with Crippen molar-refractivity contribution in [1.29, 1.82) is 0 Å². The van der Waals surface area contributed by atoms with E-state index in [1.165, 1.54) is 6.42 Å². The van der Waals surface area contributed by atoms with E-state index >= 15 is 0 Å². The number of H-pyrrole nitrogens is 1. The highest BCUT2D eigenvalue weighted by molar-refractivity contribution is 5.87. The van der Waals surface area contributed by atoms with Crippen LogP contribution < -0.4 is 10.6 Å². The van der Waals surface area contributed by atoms with E-state index in [0.29, 0.717) is 12.0 Å². The smallest absolute Gasteiger partial charge is 0.226 e. The summed E-state index contributed by atoms with van der Waals surface area (Å²) in [6.07, 6.45) is 2.97. The fourth-order valence-corrected chi connectivity index (χ4v) is 1.88. The highest BCUT2D eigenvalue weighted by Crippen LogP contribution is 2.33. The SMILES string of the molecule is CCNc1nc(NC2CC2C)c2cn[nH]c2n1. The molecule has 0 radical (unpaired) electrons. The Bertz CT molecular complexity index is 534. The van der Waals surface area contributed by atoms with Crippen molar-refractivity contribution in [2.75, 3.05) is 17.2 Å². The molecule has 1 fully saturated rings. The van der Waals surface area contributed by atoms with E-state index in [2.05, 4.69) is 37.7 Å². The van der Waals surface area contributed by atoms with E-state index in [1.807, 2.05) is 6.92 Å². The standard InChI is InChI=1S/C11H16N6/c1-3-12-11-15-9(14-8-4-6(8)2)7-5-13-17-10(7)16-11/h5-6,8H,3-4H2,1-2H3,(H3,12,13,14,15,16,17). The molecule has 0 aliphatic heterocycles. The third kappa shape index (κ3) is 1.90. The summed E-state index contributed by atoms with van der Waals surface area (Å²) >= 11 is 0. The van der Waals surface area contributed by atoms with Crippen LogP contribution in [0.15, 0.2) is 6.20 Å². The predicted molar refractivity (Wildman–Crippen MR) is 67.0 cm³/mol. The first-order valence-electron chi connectivity index (χ1n) is 5.99. The number of nitrogens with one attached hydrogen (secondary N) is 3. The van der Waals surface area contributed by atoms with Crippen molar-refractivity contribution in [2.24, 2.45) is 5.92 Å². The van der Waals surface area contributed by atoms with Gasteiger partial charge in [0.05, 0.1) is 11.6 Å². The Kier molecular flexibility index (Phi) is 2.35. The summed E-state index contributed by atoms with van der Waals surface area (Å²) < 4.78 is 0. The molecule has 1 aliphatic rings. The molecule has 17 heavy (non-hydrogen) atoms. The van der Waals surface area contributed by atoms with Gasteiger partial charge in [0, 0.05) is 12.6 Å². The molecule has 90 valence electrons. The minimum Gasteiger partial charge on any atom is -0.366 e. The van der Waals surface area contributed by atoms with E-state index < -0.39 is 0 Å². The highest BCUT2D eigenvalue weighted by atomic mass is 15.2. The maximum Gasteiger partial charge on any atom is 0.226 e. The van der Waals surface area contributed by atoms with Gasteiger partial charge in [-0.05, 0) is 19.3 Å². The summed E-state index contributed by atoms with van der Waals surface area (Å²) in [6, 6.07) is 0.539. The molecule has 3 rings (SSSR count). The van der Waals surface area contributed by atoms with Gasteiger partial charge in [-0.25, -0.2) is 0 Å². The van der Waals surface area contributed by atoms with Gasteiger partial charge in [0.15, 0.2) is 5.65 Å². The van der Waals surface area contributed by atoms with Crippen LogP contribution in [0.5, 0.6) is 0 Å². The van der Waals surface area contributed by atoms with Crippen molar-refractivity contribution in [1.82, 2.24) is 20.2 Å². The summed E-state index contributed by atoms with van der Waals surface area (Å²) in [4.78, 5) is 8.84. The Morgan fingerprint density at radius 3 is 3.00 bits per heavy atom. The predicted octanol–water partition coefficient (Wildman–Crippen LogP) is 1.60. The van der Waals surface area contributed by atoms with Gasteiger partial charge >= 0.3 is 0 Å². The number of rotatable bonds is 4. The molecule has 2 aromatic heterocycles. The van der Waals surface area contributed by atoms with Gasteiger partial charge in [-0.3, -0.25) is 5.10 Å². The minimum atomic E-state index is 0.539. The monoisotopic (exact) mass is 232 g/mol. The zero-order valence-electron chi connectivity index (χ0n) is 9.99. The van der Waals surface area contributed by atoms with Gasteiger partial charge in [-0.1, -0.05) is 6.92 Å². The molecule has 2 heterocycles. The molecule has 0 saturated heterocycles. The van der Waals surface area contributed by atoms with Gasteiger partial charge in [0.2, 0.25) is 5.95 Å². The lowest BCUT2D eigenvalue weighted by atomic mass is 10.4. The Morgan fingerprint density at radius 1 is 1.47 bits per heavy atom. The van der Waals surface area contributed by atoms with E-state index in [4.69, 9.17) is 0 Å². The lowest BCUT2D eigenvalue weighted by Gasteiger charge is -2.08. The Morgan fingerprint density at radius 2 is 2.29 bits per heavy atom. The Hall–Kier alpha value is -1.85. The molecule has 0 aromatic carbocycles. The molecule has 2 unspecified atom stereocenters. The number of hydrogen-bond donors (Lipinski definition) is 3. The van der Waals surface area contributed by atoms with E-state index in [1.54, 1.807) is 6.20 Å². The molecule has 2 aromatic rings. The van der Waals surface area contributed by atoms with E-state index in [9.17, 15) is 0 Å². The van der Waals surface area contributed by atoms with Gasteiger partial charge < -0.3 is 10.6 Å². The largest absolute Gasteiger partial charge is 0.366 e. The topological polar surface area (TPSA) is 78.5 Å². The molecular formula is C11H16N6. The number of anilines is 2. The number of nitrogens with zero attached hydrogens (tertiary/aromatic N) is 3. The number of aromatic amines is 1. The summed E-state index contributed by atoms with van der Waals surface area (Å²) in [5.41, 5.74) is 0.770. The van der Waals surface area contributed by atoms with Gasteiger partial charge in [-0.2, -0.15) is 15.1 Å². The highest BCUT2D eigenvalue weighted by Gasteiger charge is 2.33. The summed E-state index contributed by atoms with van der Waals surface area (Å²) in [7, 11) is 0. The lowest BCUT2D eigenvalue weighted by molar-refractivity contribution is 0.924. The van der Waals surface area contributed by atoms with Crippen molar-refractivity contribution in [3.05, 3.63) is 6.20 Å². The normalized spacial score (nSPS) is 22.7. The first-order chi connectivity index (χ1) is 8.28. The van der Waals surface area contributed by atoms with Crippen LogP contribution in [0.3, 0.4) is 0 Å². The number of fused-ring (bicyclic) bond motifs is 1. The molecule has 1 saturated carbocycles. The molecule has 1 aliphatic carbocycles. The van der Waals surface area contributed by atoms with Crippen LogP contribution >= 0.6 is 0 Å². The van der Waals surface area contributed by atoms with Crippen LogP contribution in [0.4, 0.5) is 11.8 Å². The second-order valence-corrected chi connectivity index (χ2v) is 4.52. The maximum absolute atomic E-state index is 4.48. The summed E-state index contributed by atoms with van der Waals surface area (Å²) in [6.45, 7) is 5.06. The zero-order valence-corrected chi connectivity index (χ0v) is 9.99. The number of hydrogen-bond acceptors (Lipinski definition) is 5. The van der Waals surface area contributed by atoms with E-state index in [-0.39, 0.29) is 0 Å². The molecule has 2 atom stereocenters. The van der Waals surface area contributed by atoms with Gasteiger partial charge in [0.25, 0.3) is 0 Å². The maximum atomic E-state index is 4.48. The van der Waals surface area contributed by atoms with Crippen molar-refractivity contribution >= 4 is 22.8 Å². The van der Waals surface area contributed by atoms with Crippen LogP contribution in [0.1, 0.15) is 20.3 Å². The van der Waals surface area contributed by atoms with Crippen LogP contribution in [0, 0.1) is 5.92 Å². The van der Waals surface area contributed by atoms with Crippen molar-refractivity contribution < 1.29 is 0 Å². The number of aromatic nitrogens is 4. The fourth-order valence-electron chi connectivity index (χ4n) is 1.88. The molecule has 0 spiro atoms. The van der Waals surface area contributed by atoms with Crippen molar-refractivity contribution in [2.45, 2.75) is 26.3 Å². The second kappa shape index (κ2) is 3.87. The Balaban J connectivity index is 1.97. The van der Waals surface area contributed by atoms with Crippen molar-refractivity contribution in [3.8, 4) is 0 Å². The first-order valence-corrected chi connectivity index (χ1v) is 5.99. The minimum absolute atomic E-state index is 0.539. The fraction of sp³-hybridized carbons (Fsp3) is 0.545. The average molecular weight is 232 g/mol. The van der Waals surface area contributed by atoms with E-state index in [0.717, 1.165) is 29.3 Å². The third-order valence-electron chi connectivity index (χ3n) is 3.08. The molecule has 3 N–H and O–H groups in total. The molecular weight excluding hydrogens is 216 g/mol. The van der Waals surface area contributed by atoms with Gasteiger partial charge in [0.1, 0.15) is 5.82 Å². The van der Waals surface area contributed by atoms with Crippen LogP contribution in [-0.2, 0) is 0 Å². The first kappa shape index (κ1) is 10.3. The molecule has 0 amide bonds. The van der Waals surface area contributed by atoms with Crippen molar-refractivity contribution in [3.63, 3.8) is 0 Å². The zero-order chi connectivity index (χ0) is 11.8. The molecule has 6 heteroatoms. The summed E-state index contributed by atoms with van der Waals surface area (Å²) in [5, 5.41) is 14.4. The average Bonchev–Trinajstić information content (AvgIpc) is 2.79. The van der Waals surface area contributed by atoms with Crippen LogP contribution in [-0.4, -0.2) is 32.8 Å². The Labute approximate surface area is 99.2 Å². The second-order valence-electron chi connectivity index (χ2n) is 4.52. The third-order valence-corrected chi connectivity index (χ3v) is 3.08. The molecule has 6 nitrogen and oxygen atoms in total.